The molecule has 0 unspecified atom stereocenters. The molecule has 1 aliphatic heterocycles. The first-order valence-corrected chi connectivity index (χ1v) is 8.10. The fraction of sp³-hybridized carbons (Fsp3) is 0.444. The molecule has 0 aliphatic carbocycles. The number of amides is 1. The van der Waals surface area contributed by atoms with Crippen molar-refractivity contribution in [3.8, 4) is 5.75 Å². The zero-order chi connectivity index (χ0) is 17.1. The summed E-state index contributed by atoms with van der Waals surface area (Å²) in [5, 5.41) is 0. The molecule has 1 aliphatic rings. The van der Waals surface area contributed by atoms with E-state index in [1.807, 2.05) is 36.9 Å². The molecule has 6 heteroatoms. The molecule has 0 bridgehead atoms. The van der Waals surface area contributed by atoms with E-state index >= 15 is 0 Å². The molecule has 0 saturated carbocycles. The van der Waals surface area contributed by atoms with Crippen LogP contribution in [-0.2, 0) is 16.0 Å². The molecule has 2 aromatic rings. The topological polar surface area (TPSA) is 67.4 Å². The minimum atomic E-state index is -0.171. The standard InChI is InChI=1S/C18H23N3O3/c1-12-4-5-16(23-3)14(8-12)9-17(22)21-6-7-24-11-15(21)18-19-10-13(2)20-18/h4-5,8,10,15H,6-7,9,11H2,1-3H3,(H,19,20)/t15-/m1/s1. The fourth-order valence-corrected chi connectivity index (χ4v) is 3.04. The van der Waals surface area contributed by atoms with Gasteiger partial charge < -0.3 is 19.4 Å². The van der Waals surface area contributed by atoms with Crippen LogP contribution in [0, 0.1) is 13.8 Å². The van der Waals surface area contributed by atoms with Crippen molar-refractivity contribution in [3.05, 3.63) is 47.0 Å². The SMILES string of the molecule is COc1ccc(C)cc1CC(=O)N1CCOC[C@@H]1c1ncc(C)[nH]1. The molecule has 2 heterocycles. The van der Waals surface area contributed by atoms with Crippen molar-refractivity contribution >= 4 is 5.91 Å². The monoisotopic (exact) mass is 329 g/mol. The first-order valence-electron chi connectivity index (χ1n) is 8.10. The Hall–Kier alpha value is -2.34. The lowest BCUT2D eigenvalue weighted by atomic mass is 10.1. The van der Waals surface area contributed by atoms with Crippen LogP contribution in [0.5, 0.6) is 5.75 Å². The number of aryl methyl sites for hydroxylation is 2. The number of benzene rings is 1. The molecule has 6 nitrogen and oxygen atoms in total. The molecule has 0 spiro atoms. The number of aromatic nitrogens is 2. The first-order chi connectivity index (χ1) is 11.6. The zero-order valence-electron chi connectivity index (χ0n) is 14.3. The highest BCUT2D eigenvalue weighted by Crippen LogP contribution is 2.25. The number of methoxy groups -OCH3 is 1. The highest BCUT2D eigenvalue weighted by molar-refractivity contribution is 5.80. The van der Waals surface area contributed by atoms with Crippen molar-refractivity contribution in [2.75, 3.05) is 26.9 Å². The van der Waals surface area contributed by atoms with Gasteiger partial charge in [-0.05, 0) is 19.9 Å². The van der Waals surface area contributed by atoms with E-state index in [1.54, 1.807) is 13.3 Å². The summed E-state index contributed by atoms with van der Waals surface area (Å²) in [7, 11) is 1.63. The van der Waals surface area contributed by atoms with Gasteiger partial charge >= 0.3 is 0 Å². The summed E-state index contributed by atoms with van der Waals surface area (Å²) in [5.74, 6) is 1.57. The fourth-order valence-electron chi connectivity index (χ4n) is 3.04. The number of hydrogen-bond donors (Lipinski definition) is 1. The van der Waals surface area contributed by atoms with Crippen LogP contribution >= 0.6 is 0 Å². The lowest BCUT2D eigenvalue weighted by Crippen LogP contribution is -2.44. The third-order valence-corrected chi connectivity index (χ3v) is 4.26. The summed E-state index contributed by atoms with van der Waals surface area (Å²) in [6.07, 6.45) is 2.08. The normalized spacial score (nSPS) is 17.8. The number of aromatic amines is 1. The largest absolute Gasteiger partial charge is 0.496 e. The summed E-state index contributed by atoms with van der Waals surface area (Å²) >= 11 is 0. The predicted molar refractivity (Wildman–Crippen MR) is 90.0 cm³/mol. The third kappa shape index (κ3) is 3.43. The molecule has 1 amide bonds. The van der Waals surface area contributed by atoms with Gasteiger partial charge in [-0.2, -0.15) is 0 Å². The van der Waals surface area contributed by atoms with Gasteiger partial charge in [0.2, 0.25) is 5.91 Å². The average molecular weight is 329 g/mol. The Labute approximate surface area is 141 Å². The average Bonchev–Trinajstić information content (AvgIpc) is 3.01. The maximum atomic E-state index is 12.9. The molecular weight excluding hydrogens is 306 g/mol. The molecular formula is C18H23N3O3. The third-order valence-electron chi connectivity index (χ3n) is 4.26. The Morgan fingerprint density at radius 1 is 1.46 bits per heavy atom. The van der Waals surface area contributed by atoms with Crippen LogP contribution in [0.1, 0.15) is 28.7 Å². The molecule has 1 N–H and O–H groups in total. The van der Waals surface area contributed by atoms with Crippen LogP contribution in [0.15, 0.2) is 24.4 Å². The Balaban J connectivity index is 1.81. The van der Waals surface area contributed by atoms with E-state index in [4.69, 9.17) is 9.47 Å². The number of carbonyl (C=O) groups is 1. The Morgan fingerprint density at radius 2 is 2.29 bits per heavy atom. The van der Waals surface area contributed by atoms with Crippen molar-refractivity contribution in [3.63, 3.8) is 0 Å². The van der Waals surface area contributed by atoms with Crippen LogP contribution in [0.3, 0.4) is 0 Å². The van der Waals surface area contributed by atoms with Crippen molar-refractivity contribution in [1.29, 1.82) is 0 Å². The Bertz CT molecular complexity index is 726. The Morgan fingerprint density at radius 3 is 3.00 bits per heavy atom. The van der Waals surface area contributed by atoms with E-state index in [0.717, 1.165) is 28.4 Å². The Kier molecular flexibility index (Phi) is 4.85. The number of carbonyl (C=O) groups excluding carboxylic acids is 1. The van der Waals surface area contributed by atoms with Crippen molar-refractivity contribution < 1.29 is 14.3 Å². The summed E-state index contributed by atoms with van der Waals surface area (Å²) in [6, 6.07) is 5.72. The number of H-pyrrole nitrogens is 1. The van der Waals surface area contributed by atoms with Gasteiger partial charge in [0.15, 0.2) is 0 Å². The molecule has 24 heavy (non-hydrogen) atoms. The molecule has 0 radical (unpaired) electrons. The van der Waals surface area contributed by atoms with Gasteiger partial charge in [0.05, 0.1) is 26.7 Å². The van der Waals surface area contributed by atoms with Gasteiger partial charge in [-0.15, -0.1) is 0 Å². The van der Waals surface area contributed by atoms with Crippen LogP contribution < -0.4 is 4.74 Å². The molecule has 1 atom stereocenters. The minimum Gasteiger partial charge on any atom is -0.496 e. The van der Waals surface area contributed by atoms with Crippen LogP contribution in [-0.4, -0.2) is 47.6 Å². The highest BCUT2D eigenvalue weighted by atomic mass is 16.5. The molecule has 1 fully saturated rings. The van der Waals surface area contributed by atoms with E-state index < -0.39 is 0 Å². The van der Waals surface area contributed by atoms with Crippen LogP contribution in [0.25, 0.3) is 0 Å². The number of morpholine rings is 1. The predicted octanol–water partition coefficient (Wildman–Crippen LogP) is 2.18. The van der Waals surface area contributed by atoms with E-state index in [1.165, 1.54) is 0 Å². The van der Waals surface area contributed by atoms with Gasteiger partial charge in [0, 0.05) is 24.0 Å². The molecule has 1 aromatic heterocycles. The van der Waals surface area contributed by atoms with E-state index in [2.05, 4.69) is 9.97 Å². The maximum absolute atomic E-state index is 12.9. The van der Waals surface area contributed by atoms with E-state index in [0.29, 0.717) is 26.2 Å². The first kappa shape index (κ1) is 16.5. The second kappa shape index (κ2) is 7.05. The van der Waals surface area contributed by atoms with Crippen LogP contribution in [0.2, 0.25) is 0 Å². The van der Waals surface area contributed by atoms with Crippen LogP contribution in [0.4, 0.5) is 0 Å². The van der Waals surface area contributed by atoms with Crippen molar-refractivity contribution in [2.45, 2.75) is 26.3 Å². The summed E-state index contributed by atoms with van der Waals surface area (Å²) in [4.78, 5) is 22.4. The number of hydrogen-bond acceptors (Lipinski definition) is 4. The minimum absolute atomic E-state index is 0.0567. The number of ether oxygens (including phenoxy) is 2. The summed E-state index contributed by atoms with van der Waals surface area (Å²) in [5.41, 5.74) is 2.99. The summed E-state index contributed by atoms with van der Waals surface area (Å²) < 4.78 is 11.0. The van der Waals surface area contributed by atoms with Gasteiger partial charge in [-0.25, -0.2) is 4.98 Å². The maximum Gasteiger partial charge on any atom is 0.227 e. The number of imidazole rings is 1. The van der Waals surface area contributed by atoms with Gasteiger partial charge in [-0.3, -0.25) is 4.79 Å². The molecule has 1 saturated heterocycles. The quantitative estimate of drug-likeness (QED) is 0.933. The van der Waals surface area contributed by atoms with Gasteiger partial charge in [-0.1, -0.05) is 17.7 Å². The lowest BCUT2D eigenvalue weighted by Gasteiger charge is -2.34. The molecule has 3 rings (SSSR count). The second-order valence-corrected chi connectivity index (χ2v) is 6.12. The highest BCUT2D eigenvalue weighted by Gasteiger charge is 2.30. The lowest BCUT2D eigenvalue weighted by molar-refractivity contribution is -0.139. The number of nitrogens with one attached hydrogen (secondary N) is 1. The second-order valence-electron chi connectivity index (χ2n) is 6.12. The van der Waals surface area contributed by atoms with E-state index in [-0.39, 0.29) is 11.9 Å². The number of rotatable bonds is 4. The van der Waals surface area contributed by atoms with Gasteiger partial charge in [0.25, 0.3) is 0 Å². The van der Waals surface area contributed by atoms with Crippen molar-refractivity contribution in [1.82, 2.24) is 14.9 Å². The number of nitrogens with zero attached hydrogens (tertiary/aromatic N) is 2. The smallest absolute Gasteiger partial charge is 0.227 e. The summed E-state index contributed by atoms with van der Waals surface area (Å²) in [6.45, 7) is 5.54. The van der Waals surface area contributed by atoms with Gasteiger partial charge in [0.1, 0.15) is 17.6 Å². The van der Waals surface area contributed by atoms with E-state index in [9.17, 15) is 4.79 Å². The molecule has 128 valence electrons. The van der Waals surface area contributed by atoms with Crippen molar-refractivity contribution in [2.24, 2.45) is 0 Å². The molecule has 1 aromatic carbocycles. The zero-order valence-corrected chi connectivity index (χ0v) is 14.3.